The number of nitrogens with zero attached hydrogens (tertiary/aromatic N) is 1. The van der Waals surface area contributed by atoms with Gasteiger partial charge in [-0.15, -0.1) is 0 Å². The topological polar surface area (TPSA) is 15.3 Å². The van der Waals surface area contributed by atoms with Gasteiger partial charge in [0.05, 0.1) is 0 Å². The molecule has 0 atom stereocenters. The van der Waals surface area contributed by atoms with Gasteiger partial charge < -0.3 is 10.2 Å². The SMILES string of the molecule is CCc1ccc(N(C)C2CCC(NC)CC2)cc1. The molecule has 0 spiro atoms. The Kier molecular flexibility index (Phi) is 4.65. The van der Waals surface area contributed by atoms with Crippen molar-refractivity contribution in [3.63, 3.8) is 0 Å². The summed E-state index contributed by atoms with van der Waals surface area (Å²) in [6.07, 6.45) is 6.34. The minimum atomic E-state index is 0.710. The van der Waals surface area contributed by atoms with Crippen molar-refractivity contribution >= 4 is 5.69 Å². The average molecular weight is 246 g/mol. The van der Waals surface area contributed by atoms with Crippen molar-refractivity contribution in [3.8, 4) is 0 Å². The van der Waals surface area contributed by atoms with E-state index >= 15 is 0 Å². The van der Waals surface area contributed by atoms with E-state index in [4.69, 9.17) is 0 Å². The monoisotopic (exact) mass is 246 g/mol. The van der Waals surface area contributed by atoms with E-state index in [0.717, 1.165) is 12.5 Å². The molecule has 1 saturated carbocycles. The van der Waals surface area contributed by atoms with Crippen LogP contribution in [0.4, 0.5) is 5.69 Å². The standard InChI is InChI=1S/C16H26N2/c1-4-13-5-9-15(10-6-13)18(3)16-11-7-14(17-2)8-12-16/h5-6,9-10,14,16-17H,4,7-8,11-12H2,1-3H3. The summed E-state index contributed by atoms with van der Waals surface area (Å²) in [6, 6.07) is 10.5. The molecule has 1 fully saturated rings. The minimum Gasteiger partial charge on any atom is -0.372 e. The zero-order valence-corrected chi connectivity index (χ0v) is 11.9. The van der Waals surface area contributed by atoms with Crippen LogP contribution >= 0.6 is 0 Å². The Morgan fingerprint density at radius 1 is 1.11 bits per heavy atom. The van der Waals surface area contributed by atoms with Crippen molar-refractivity contribution in [2.75, 3.05) is 19.0 Å². The lowest BCUT2D eigenvalue weighted by molar-refractivity contribution is 0.351. The third kappa shape index (κ3) is 3.05. The molecular formula is C16H26N2. The van der Waals surface area contributed by atoms with E-state index in [1.165, 1.54) is 36.9 Å². The molecular weight excluding hydrogens is 220 g/mol. The largest absolute Gasteiger partial charge is 0.372 e. The second-order valence-electron chi connectivity index (χ2n) is 5.43. The molecule has 100 valence electrons. The van der Waals surface area contributed by atoms with Crippen LogP contribution in [0.2, 0.25) is 0 Å². The fourth-order valence-electron chi connectivity index (χ4n) is 2.93. The number of anilines is 1. The Bertz CT molecular complexity index is 350. The van der Waals surface area contributed by atoms with Crippen molar-refractivity contribution in [2.24, 2.45) is 0 Å². The molecule has 1 aliphatic carbocycles. The number of hydrogen-bond donors (Lipinski definition) is 1. The molecule has 0 heterocycles. The maximum absolute atomic E-state index is 3.40. The highest BCUT2D eigenvalue weighted by Crippen LogP contribution is 2.26. The molecule has 2 nitrogen and oxygen atoms in total. The van der Waals surface area contributed by atoms with Gasteiger partial charge in [0.15, 0.2) is 0 Å². The summed E-state index contributed by atoms with van der Waals surface area (Å²) in [5, 5.41) is 3.40. The third-order valence-electron chi connectivity index (χ3n) is 4.40. The molecule has 2 rings (SSSR count). The van der Waals surface area contributed by atoms with Crippen LogP contribution in [-0.2, 0) is 6.42 Å². The Hall–Kier alpha value is -1.02. The van der Waals surface area contributed by atoms with E-state index in [0.29, 0.717) is 6.04 Å². The number of aryl methyl sites for hydroxylation is 1. The van der Waals surface area contributed by atoms with Gasteiger partial charge in [-0.2, -0.15) is 0 Å². The lowest BCUT2D eigenvalue weighted by Crippen LogP contribution is -2.39. The summed E-state index contributed by atoms with van der Waals surface area (Å²) >= 11 is 0. The highest BCUT2D eigenvalue weighted by atomic mass is 15.1. The first-order chi connectivity index (χ1) is 8.74. The van der Waals surface area contributed by atoms with Crippen molar-refractivity contribution in [2.45, 2.75) is 51.1 Å². The van der Waals surface area contributed by atoms with Crippen molar-refractivity contribution < 1.29 is 0 Å². The summed E-state index contributed by atoms with van der Waals surface area (Å²) in [7, 11) is 4.32. The van der Waals surface area contributed by atoms with Crippen LogP contribution in [0.25, 0.3) is 0 Å². The maximum Gasteiger partial charge on any atom is 0.0366 e. The Morgan fingerprint density at radius 3 is 2.22 bits per heavy atom. The Balaban J connectivity index is 1.96. The second kappa shape index (κ2) is 6.24. The lowest BCUT2D eigenvalue weighted by atomic mass is 9.90. The highest BCUT2D eigenvalue weighted by molar-refractivity contribution is 5.47. The molecule has 1 N–H and O–H groups in total. The van der Waals surface area contributed by atoms with Gasteiger partial charge >= 0.3 is 0 Å². The van der Waals surface area contributed by atoms with Crippen LogP contribution < -0.4 is 10.2 Å². The van der Waals surface area contributed by atoms with Crippen LogP contribution in [0, 0.1) is 0 Å². The number of hydrogen-bond acceptors (Lipinski definition) is 2. The molecule has 0 aromatic heterocycles. The van der Waals surface area contributed by atoms with Gasteiger partial charge in [0, 0.05) is 24.8 Å². The molecule has 18 heavy (non-hydrogen) atoms. The van der Waals surface area contributed by atoms with Crippen LogP contribution in [-0.4, -0.2) is 26.2 Å². The van der Waals surface area contributed by atoms with Gasteiger partial charge in [-0.05, 0) is 56.8 Å². The number of benzene rings is 1. The lowest BCUT2D eigenvalue weighted by Gasteiger charge is -2.36. The minimum absolute atomic E-state index is 0.710. The molecule has 2 heteroatoms. The normalized spacial score (nSPS) is 23.9. The summed E-state index contributed by atoms with van der Waals surface area (Å²) in [4.78, 5) is 2.46. The van der Waals surface area contributed by atoms with Gasteiger partial charge in [0.25, 0.3) is 0 Å². The zero-order chi connectivity index (χ0) is 13.0. The fraction of sp³-hybridized carbons (Fsp3) is 0.625. The fourth-order valence-corrected chi connectivity index (χ4v) is 2.93. The molecule has 1 aliphatic rings. The summed E-state index contributed by atoms with van der Waals surface area (Å²) in [5.74, 6) is 0. The Labute approximate surface area is 111 Å². The Morgan fingerprint density at radius 2 is 1.72 bits per heavy atom. The van der Waals surface area contributed by atoms with Crippen molar-refractivity contribution in [1.29, 1.82) is 0 Å². The van der Waals surface area contributed by atoms with Gasteiger partial charge in [0.1, 0.15) is 0 Å². The van der Waals surface area contributed by atoms with E-state index in [9.17, 15) is 0 Å². The van der Waals surface area contributed by atoms with E-state index < -0.39 is 0 Å². The van der Waals surface area contributed by atoms with E-state index in [2.05, 4.69) is 55.5 Å². The van der Waals surface area contributed by atoms with Gasteiger partial charge in [-0.1, -0.05) is 19.1 Å². The van der Waals surface area contributed by atoms with Crippen molar-refractivity contribution in [3.05, 3.63) is 29.8 Å². The van der Waals surface area contributed by atoms with Crippen LogP contribution in [0.3, 0.4) is 0 Å². The molecule has 1 aromatic rings. The first-order valence-electron chi connectivity index (χ1n) is 7.23. The first kappa shape index (κ1) is 13.4. The molecule has 1 aromatic carbocycles. The van der Waals surface area contributed by atoms with Gasteiger partial charge in [-0.3, -0.25) is 0 Å². The molecule has 0 bridgehead atoms. The molecule has 0 amide bonds. The zero-order valence-electron chi connectivity index (χ0n) is 11.9. The maximum atomic E-state index is 3.40. The van der Waals surface area contributed by atoms with Crippen LogP contribution in [0.1, 0.15) is 38.2 Å². The van der Waals surface area contributed by atoms with E-state index in [1.54, 1.807) is 0 Å². The predicted octanol–water partition coefficient (Wildman–Crippen LogP) is 3.22. The van der Waals surface area contributed by atoms with Crippen LogP contribution in [0.15, 0.2) is 24.3 Å². The van der Waals surface area contributed by atoms with Gasteiger partial charge in [0.2, 0.25) is 0 Å². The molecule has 0 aliphatic heterocycles. The summed E-state index contributed by atoms with van der Waals surface area (Å²) in [5.41, 5.74) is 2.78. The quantitative estimate of drug-likeness (QED) is 0.877. The molecule has 0 radical (unpaired) electrons. The molecule has 0 unspecified atom stereocenters. The number of nitrogens with one attached hydrogen (secondary N) is 1. The van der Waals surface area contributed by atoms with Crippen molar-refractivity contribution in [1.82, 2.24) is 5.32 Å². The number of rotatable bonds is 4. The summed E-state index contributed by atoms with van der Waals surface area (Å²) in [6.45, 7) is 2.21. The smallest absolute Gasteiger partial charge is 0.0366 e. The average Bonchev–Trinajstić information content (AvgIpc) is 2.47. The predicted molar refractivity (Wildman–Crippen MR) is 79.3 cm³/mol. The van der Waals surface area contributed by atoms with Crippen LogP contribution in [0.5, 0.6) is 0 Å². The first-order valence-corrected chi connectivity index (χ1v) is 7.23. The van der Waals surface area contributed by atoms with E-state index in [-0.39, 0.29) is 0 Å². The summed E-state index contributed by atoms with van der Waals surface area (Å²) < 4.78 is 0. The highest BCUT2D eigenvalue weighted by Gasteiger charge is 2.23. The third-order valence-corrected chi connectivity index (χ3v) is 4.40. The van der Waals surface area contributed by atoms with Gasteiger partial charge in [-0.25, -0.2) is 0 Å². The van der Waals surface area contributed by atoms with E-state index in [1.807, 2.05) is 0 Å². The molecule has 0 saturated heterocycles. The second-order valence-corrected chi connectivity index (χ2v) is 5.43.